The molecule has 0 aliphatic rings. The van der Waals surface area contributed by atoms with E-state index in [1.165, 1.54) is 0 Å². The summed E-state index contributed by atoms with van der Waals surface area (Å²) < 4.78 is 9.69. The van der Waals surface area contributed by atoms with Crippen LogP contribution < -0.4 is 0 Å². The van der Waals surface area contributed by atoms with Crippen LogP contribution in [0.1, 0.15) is 6.92 Å². The highest BCUT2D eigenvalue weighted by molar-refractivity contribution is 6.23. The highest BCUT2D eigenvalue weighted by atomic mass is 35.5. The molecule has 0 rings (SSSR count). The summed E-state index contributed by atoms with van der Waals surface area (Å²) in [6, 6.07) is 0. The number of methoxy groups -OCH3 is 2. The van der Waals surface area contributed by atoms with E-state index < -0.39 is 0 Å². The third-order valence-electron chi connectivity index (χ3n) is 0.891. The quantitative estimate of drug-likeness (QED) is 0.565. The maximum Gasteiger partial charge on any atom is 0.0883 e. The molecule has 2 nitrogen and oxygen atoms in total. The van der Waals surface area contributed by atoms with Gasteiger partial charge in [-0.15, -0.1) is 11.6 Å². The first-order valence-corrected chi connectivity index (χ1v) is 3.17. The molecule has 3 heteroatoms. The number of ether oxygens (including phenoxy) is 2. The molecule has 0 saturated carbocycles. The van der Waals surface area contributed by atoms with Gasteiger partial charge >= 0.3 is 0 Å². The van der Waals surface area contributed by atoms with Crippen molar-refractivity contribution in [3.63, 3.8) is 0 Å². The molecule has 0 aromatic heterocycles. The largest absolute Gasteiger partial charge is 0.383 e. The van der Waals surface area contributed by atoms with E-state index in [0.29, 0.717) is 13.2 Å². The van der Waals surface area contributed by atoms with Crippen molar-refractivity contribution >= 4 is 11.6 Å². The lowest BCUT2D eigenvalue weighted by Crippen LogP contribution is -2.28. The van der Waals surface area contributed by atoms with E-state index in [1.54, 1.807) is 14.2 Å². The van der Waals surface area contributed by atoms with Gasteiger partial charge in [0.15, 0.2) is 0 Å². The number of rotatable bonds is 4. The Morgan fingerprint density at radius 2 is 1.56 bits per heavy atom. The van der Waals surface area contributed by atoms with Crippen LogP contribution in [-0.2, 0) is 9.47 Å². The fourth-order valence-corrected chi connectivity index (χ4v) is 0.862. The molecule has 0 aromatic rings. The van der Waals surface area contributed by atoms with Gasteiger partial charge < -0.3 is 9.47 Å². The lowest BCUT2D eigenvalue weighted by molar-refractivity contribution is 0.107. The number of hydrogen-bond acceptors (Lipinski definition) is 2. The predicted molar refractivity (Wildman–Crippen MR) is 38.0 cm³/mol. The molecule has 0 atom stereocenters. The molecule has 0 saturated heterocycles. The number of alkyl halides is 1. The first-order valence-electron chi connectivity index (χ1n) is 2.79. The van der Waals surface area contributed by atoms with Gasteiger partial charge in [0.05, 0.1) is 18.1 Å². The first-order chi connectivity index (χ1) is 4.12. The van der Waals surface area contributed by atoms with E-state index >= 15 is 0 Å². The van der Waals surface area contributed by atoms with Crippen LogP contribution in [-0.4, -0.2) is 32.3 Å². The summed E-state index contributed by atoms with van der Waals surface area (Å²) in [5.74, 6) is 0. The van der Waals surface area contributed by atoms with Crippen molar-refractivity contribution in [1.82, 2.24) is 0 Å². The van der Waals surface area contributed by atoms with Crippen LogP contribution >= 0.6 is 11.6 Å². The summed E-state index contributed by atoms with van der Waals surface area (Å²) in [7, 11) is 3.24. The van der Waals surface area contributed by atoms with Crippen molar-refractivity contribution in [3.8, 4) is 0 Å². The zero-order valence-electron chi connectivity index (χ0n) is 6.11. The van der Waals surface area contributed by atoms with Crippen LogP contribution in [0.15, 0.2) is 0 Å². The Morgan fingerprint density at radius 3 is 1.78 bits per heavy atom. The molecule has 9 heavy (non-hydrogen) atoms. The molecular formula is C6H13ClO2. The van der Waals surface area contributed by atoms with E-state index in [0.717, 1.165) is 0 Å². The van der Waals surface area contributed by atoms with Crippen LogP contribution in [0.5, 0.6) is 0 Å². The Bertz CT molecular complexity index is 65.5. The topological polar surface area (TPSA) is 18.5 Å². The van der Waals surface area contributed by atoms with Gasteiger partial charge in [-0.3, -0.25) is 0 Å². The van der Waals surface area contributed by atoms with Gasteiger partial charge in [0.25, 0.3) is 0 Å². The molecule has 0 fully saturated rings. The third-order valence-corrected chi connectivity index (χ3v) is 1.11. The van der Waals surface area contributed by atoms with Crippen molar-refractivity contribution in [2.24, 2.45) is 0 Å². The second-order valence-corrected chi connectivity index (χ2v) is 3.19. The second-order valence-electron chi connectivity index (χ2n) is 2.28. The van der Waals surface area contributed by atoms with Crippen molar-refractivity contribution < 1.29 is 9.47 Å². The maximum absolute atomic E-state index is 5.89. The van der Waals surface area contributed by atoms with Gasteiger partial charge in [-0.2, -0.15) is 0 Å². The van der Waals surface area contributed by atoms with Crippen molar-refractivity contribution in [3.05, 3.63) is 0 Å². The summed E-state index contributed by atoms with van der Waals surface area (Å²) in [6.45, 7) is 2.91. The minimum atomic E-state index is -0.372. The lowest BCUT2D eigenvalue weighted by Gasteiger charge is -2.18. The Morgan fingerprint density at radius 1 is 1.22 bits per heavy atom. The van der Waals surface area contributed by atoms with Crippen molar-refractivity contribution in [1.29, 1.82) is 0 Å². The average Bonchev–Trinajstić information content (AvgIpc) is 1.64. The smallest absolute Gasteiger partial charge is 0.0883 e. The van der Waals surface area contributed by atoms with Crippen LogP contribution in [0.4, 0.5) is 0 Å². The fourth-order valence-electron chi connectivity index (χ4n) is 0.644. The number of hydrogen-bond donors (Lipinski definition) is 0. The summed E-state index contributed by atoms with van der Waals surface area (Å²) in [4.78, 5) is -0.372. The zero-order chi connectivity index (χ0) is 7.33. The SMILES string of the molecule is COCC(C)(Cl)COC. The Labute approximate surface area is 61.1 Å². The van der Waals surface area contributed by atoms with Crippen molar-refractivity contribution in [2.75, 3.05) is 27.4 Å². The maximum atomic E-state index is 5.89. The van der Waals surface area contributed by atoms with E-state index in [9.17, 15) is 0 Å². The van der Waals surface area contributed by atoms with Gasteiger partial charge in [0, 0.05) is 14.2 Å². The van der Waals surface area contributed by atoms with E-state index in [4.69, 9.17) is 21.1 Å². The second kappa shape index (κ2) is 4.09. The molecule has 0 aliphatic carbocycles. The van der Waals surface area contributed by atoms with Crippen LogP contribution in [0.25, 0.3) is 0 Å². The van der Waals surface area contributed by atoms with Gasteiger partial charge in [0.1, 0.15) is 0 Å². The molecule has 56 valence electrons. The first kappa shape index (κ1) is 9.21. The van der Waals surface area contributed by atoms with Crippen LogP contribution in [0, 0.1) is 0 Å². The molecular weight excluding hydrogens is 140 g/mol. The van der Waals surface area contributed by atoms with E-state index in [1.807, 2.05) is 6.92 Å². The van der Waals surface area contributed by atoms with Gasteiger partial charge in [0.2, 0.25) is 0 Å². The minimum absolute atomic E-state index is 0.372. The molecule has 0 radical (unpaired) electrons. The highest BCUT2D eigenvalue weighted by Gasteiger charge is 2.19. The summed E-state index contributed by atoms with van der Waals surface area (Å²) in [5, 5.41) is 0. The summed E-state index contributed by atoms with van der Waals surface area (Å²) in [5.41, 5.74) is 0. The zero-order valence-corrected chi connectivity index (χ0v) is 6.86. The molecule has 0 aromatic carbocycles. The Kier molecular flexibility index (Phi) is 4.19. The lowest BCUT2D eigenvalue weighted by atomic mass is 10.2. The molecule has 0 aliphatic heterocycles. The summed E-state index contributed by atoms with van der Waals surface area (Å²) >= 11 is 5.89. The molecule has 0 spiro atoms. The standard InChI is InChI=1S/C6H13ClO2/c1-6(7,4-8-2)5-9-3/h4-5H2,1-3H3. The van der Waals surface area contributed by atoms with E-state index in [2.05, 4.69) is 0 Å². The monoisotopic (exact) mass is 152 g/mol. The average molecular weight is 153 g/mol. The highest BCUT2D eigenvalue weighted by Crippen LogP contribution is 2.13. The van der Waals surface area contributed by atoms with Gasteiger partial charge in [-0.1, -0.05) is 0 Å². The predicted octanol–water partition coefficient (Wildman–Crippen LogP) is 1.28. The van der Waals surface area contributed by atoms with Crippen LogP contribution in [0.2, 0.25) is 0 Å². The molecule has 0 amide bonds. The van der Waals surface area contributed by atoms with E-state index in [-0.39, 0.29) is 4.87 Å². The fraction of sp³-hybridized carbons (Fsp3) is 1.00. The molecule has 0 bridgehead atoms. The molecule has 0 heterocycles. The number of halogens is 1. The Balaban J connectivity index is 3.43. The minimum Gasteiger partial charge on any atom is -0.383 e. The normalized spacial score (nSPS) is 12.0. The molecule has 0 unspecified atom stereocenters. The molecule has 0 N–H and O–H groups in total. The summed E-state index contributed by atoms with van der Waals surface area (Å²) in [6.07, 6.45) is 0. The van der Waals surface area contributed by atoms with Gasteiger partial charge in [-0.25, -0.2) is 0 Å². The van der Waals surface area contributed by atoms with Crippen LogP contribution in [0.3, 0.4) is 0 Å². The third kappa shape index (κ3) is 4.70. The van der Waals surface area contributed by atoms with Gasteiger partial charge in [-0.05, 0) is 6.92 Å². The Hall–Kier alpha value is 0.210. The van der Waals surface area contributed by atoms with Crippen molar-refractivity contribution in [2.45, 2.75) is 11.8 Å².